The Kier molecular flexibility index (Phi) is 3.61. The fraction of sp³-hybridized carbons (Fsp3) is 0.545. The van der Waals surface area contributed by atoms with Gasteiger partial charge in [-0.2, -0.15) is 4.98 Å². The fourth-order valence-electron chi connectivity index (χ4n) is 1.94. The molecule has 0 saturated carbocycles. The molecule has 1 aromatic heterocycles. The van der Waals surface area contributed by atoms with E-state index in [1.807, 2.05) is 0 Å². The highest BCUT2D eigenvalue weighted by atomic mass is 16.6. The van der Waals surface area contributed by atoms with Crippen molar-refractivity contribution < 1.29 is 9.66 Å². The van der Waals surface area contributed by atoms with Crippen molar-refractivity contribution >= 4 is 11.5 Å². The molecule has 7 nitrogen and oxygen atoms in total. The maximum absolute atomic E-state index is 10.6. The van der Waals surface area contributed by atoms with E-state index >= 15 is 0 Å². The summed E-state index contributed by atoms with van der Waals surface area (Å²) in [5, 5.41) is 10.6. The van der Waals surface area contributed by atoms with Crippen LogP contribution in [0.25, 0.3) is 0 Å². The number of nitrogens with zero attached hydrogens (tertiary/aromatic N) is 3. The zero-order valence-electron chi connectivity index (χ0n) is 10.2. The summed E-state index contributed by atoms with van der Waals surface area (Å²) in [7, 11) is 2.07. The summed E-state index contributed by atoms with van der Waals surface area (Å²) in [4.78, 5) is 16.2. The molecular weight excluding hydrogens is 236 g/mol. The van der Waals surface area contributed by atoms with Gasteiger partial charge in [0.1, 0.15) is 6.10 Å². The third kappa shape index (κ3) is 2.86. The molecule has 1 aromatic rings. The fourth-order valence-corrected chi connectivity index (χ4v) is 1.94. The summed E-state index contributed by atoms with van der Waals surface area (Å²) in [6.45, 7) is 1.96. The van der Waals surface area contributed by atoms with Crippen LogP contribution in [0.1, 0.15) is 12.8 Å². The molecule has 1 fully saturated rings. The second kappa shape index (κ2) is 5.18. The van der Waals surface area contributed by atoms with Gasteiger partial charge < -0.3 is 15.4 Å². The molecule has 0 aromatic carbocycles. The topological polar surface area (TPSA) is 94.5 Å². The van der Waals surface area contributed by atoms with Crippen molar-refractivity contribution in [1.82, 2.24) is 9.88 Å². The minimum Gasteiger partial charge on any atom is -0.474 e. The zero-order valence-corrected chi connectivity index (χ0v) is 10.2. The number of nitrogens with two attached hydrogens (primary N) is 1. The molecule has 1 aliphatic heterocycles. The normalized spacial score (nSPS) is 17.6. The van der Waals surface area contributed by atoms with Crippen LogP contribution >= 0.6 is 0 Å². The van der Waals surface area contributed by atoms with Gasteiger partial charge in [-0.3, -0.25) is 10.1 Å². The Morgan fingerprint density at radius 2 is 2.17 bits per heavy atom. The number of ether oxygens (including phenoxy) is 1. The van der Waals surface area contributed by atoms with Gasteiger partial charge in [-0.25, -0.2) is 0 Å². The van der Waals surface area contributed by atoms with E-state index in [0.29, 0.717) is 5.88 Å². The summed E-state index contributed by atoms with van der Waals surface area (Å²) in [5.74, 6) is 0.248. The first-order valence-electron chi connectivity index (χ1n) is 5.82. The van der Waals surface area contributed by atoms with Crippen molar-refractivity contribution in [2.45, 2.75) is 18.9 Å². The standard InChI is InChI=1S/C11H16N4O3/c1-14-6-4-8(5-7-14)18-10-3-2-9(15(16)17)11(12)13-10/h2-3,8H,4-7H2,1H3,(H2,12,13). The van der Waals surface area contributed by atoms with E-state index in [-0.39, 0.29) is 17.6 Å². The predicted molar refractivity (Wildman–Crippen MR) is 66.5 cm³/mol. The molecule has 0 bridgehead atoms. The number of aromatic nitrogens is 1. The van der Waals surface area contributed by atoms with Crippen LogP contribution in [0.15, 0.2) is 12.1 Å². The molecule has 1 saturated heterocycles. The maximum Gasteiger partial charge on any atom is 0.311 e. The third-order valence-corrected chi connectivity index (χ3v) is 3.03. The number of rotatable bonds is 3. The van der Waals surface area contributed by atoms with Gasteiger partial charge in [-0.05, 0) is 19.9 Å². The largest absolute Gasteiger partial charge is 0.474 e. The molecule has 2 rings (SSSR count). The number of hydrogen-bond acceptors (Lipinski definition) is 6. The van der Waals surface area contributed by atoms with Crippen LogP contribution in [-0.2, 0) is 0 Å². The molecule has 0 spiro atoms. The van der Waals surface area contributed by atoms with E-state index in [0.717, 1.165) is 25.9 Å². The summed E-state index contributed by atoms with van der Waals surface area (Å²) in [6, 6.07) is 2.82. The lowest BCUT2D eigenvalue weighted by molar-refractivity contribution is -0.384. The van der Waals surface area contributed by atoms with Gasteiger partial charge in [0.25, 0.3) is 0 Å². The second-order valence-corrected chi connectivity index (χ2v) is 4.43. The van der Waals surface area contributed by atoms with Crippen molar-refractivity contribution in [3.63, 3.8) is 0 Å². The number of nitrogen functional groups attached to an aromatic ring is 1. The third-order valence-electron chi connectivity index (χ3n) is 3.03. The average Bonchev–Trinajstić information content (AvgIpc) is 2.32. The first kappa shape index (κ1) is 12.6. The minimum absolute atomic E-state index is 0.106. The molecule has 0 unspecified atom stereocenters. The number of likely N-dealkylation sites (tertiary alicyclic amines) is 1. The number of nitro groups is 1. The van der Waals surface area contributed by atoms with Gasteiger partial charge >= 0.3 is 5.69 Å². The van der Waals surface area contributed by atoms with E-state index in [2.05, 4.69) is 16.9 Å². The molecule has 0 amide bonds. The van der Waals surface area contributed by atoms with Crippen molar-refractivity contribution in [1.29, 1.82) is 0 Å². The number of piperidine rings is 1. The lowest BCUT2D eigenvalue weighted by Gasteiger charge is -2.28. The van der Waals surface area contributed by atoms with Crippen LogP contribution in [0.4, 0.5) is 11.5 Å². The van der Waals surface area contributed by atoms with E-state index in [1.54, 1.807) is 0 Å². The molecule has 0 atom stereocenters. The van der Waals surface area contributed by atoms with Gasteiger partial charge in [0.15, 0.2) is 0 Å². The molecule has 7 heteroatoms. The second-order valence-electron chi connectivity index (χ2n) is 4.43. The smallest absolute Gasteiger partial charge is 0.311 e. The number of hydrogen-bond donors (Lipinski definition) is 1. The van der Waals surface area contributed by atoms with E-state index in [4.69, 9.17) is 10.5 Å². The molecule has 1 aliphatic rings. The van der Waals surface area contributed by atoms with E-state index < -0.39 is 4.92 Å². The van der Waals surface area contributed by atoms with Crippen LogP contribution in [-0.4, -0.2) is 41.0 Å². The molecule has 98 valence electrons. The zero-order chi connectivity index (χ0) is 13.1. The molecule has 0 radical (unpaired) electrons. The van der Waals surface area contributed by atoms with Gasteiger partial charge in [-0.15, -0.1) is 0 Å². The Morgan fingerprint density at radius 3 is 2.72 bits per heavy atom. The van der Waals surface area contributed by atoms with Crippen molar-refractivity contribution in [2.75, 3.05) is 25.9 Å². The first-order valence-corrected chi connectivity index (χ1v) is 5.82. The average molecular weight is 252 g/mol. The van der Waals surface area contributed by atoms with Crippen LogP contribution < -0.4 is 10.5 Å². The van der Waals surface area contributed by atoms with Crippen molar-refractivity contribution in [3.8, 4) is 5.88 Å². The van der Waals surface area contributed by atoms with Crippen molar-refractivity contribution in [2.24, 2.45) is 0 Å². The maximum atomic E-state index is 10.6. The Morgan fingerprint density at radius 1 is 1.50 bits per heavy atom. The Hall–Kier alpha value is -1.89. The SMILES string of the molecule is CN1CCC(Oc2ccc([N+](=O)[O-])c(N)n2)CC1. The quantitative estimate of drug-likeness (QED) is 0.638. The molecule has 0 aliphatic carbocycles. The molecule has 18 heavy (non-hydrogen) atoms. The lowest BCUT2D eigenvalue weighted by atomic mass is 10.1. The summed E-state index contributed by atoms with van der Waals surface area (Å²) < 4.78 is 5.68. The van der Waals surface area contributed by atoms with Gasteiger partial charge in [0.05, 0.1) is 4.92 Å². The summed E-state index contributed by atoms with van der Waals surface area (Å²) >= 11 is 0. The first-order chi connectivity index (χ1) is 8.56. The van der Waals surface area contributed by atoms with Crippen molar-refractivity contribution in [3.05, 3.63) is 22.2 Å². The van der Waals surface area contributed by atoms with Gasteiger partial charge in [0, 0.05) is 25.2 Å². The highest BCUT2D eigenvalue weighted by Crippen LogP contribution is 2.24. The monoisotopic (exact) mass is 252 g/mol. The summed E-state index contributed by atoms with van der Waals surface area (Å²) in [5.41, 5.74) is 5.32. The molecular formula is C11H16N4O3. The van der Waals surface area contributed by atoms with Crippen LogP contribution in [0.2, 0.25) is 0 Å². The van der Waals surface area contributed by atoms with E-state index in [9.17, 15) is 10.1 Å². The molecule has 2 heterocycles. The Labute approximate surface area is 105 Å². The lowest BCUT2D eigenvalue weighted by Crippen LogP contribution is -2.35. The van der Waals surface area contributed by atoms with Gasteiger partial charge in [0.2, 0.25) is 11.7 Å². The van der Waals surface area contributed by atoms with Crippen LogP contribution in [0, 0.1) is 10.1 Å². The van der Waals surface area contributed by atoms with Gasteiger partial charge in [-0.1, -0.05) is 0 Å². The number of anilines is 1. The Balaban J connectivity index is 2.02. The highest BCUT2D eigenvalue weighted by molar-refractivity contribution is 5.53. The van der Waals surface area contributed by atoms with E-state index in [1.165, 1.54) is 12.1 Å². The summed E-state index contributed by atoms with van der Waals surface area (Å²) in [6.07, 6.45) is 1.96. The number of pyridine rings is 1. The molecule has 2 N–H and O–H groups in total. The minimum atomic E-state index is -0.554. The van der Waals surface area contributed by atoms with Crippen LogP contribution in [0.5, 0.6) is 5.88 Å². The predicted octanol–water partition coefficient (Wildman–Crippen LogP) is 1.04. The Bertz CT molecular complexity index is 444. The highest BCUT2D eigenvalue weighted by Gasteiger charge is 2.20. The van der Waals surface area contributed by atoms with Crippen LogP contribution in [0.3, 0.4) is 0 Å².